The summed E-state index contributed by atoms with van der Waals surface area (Å²) in [7, 11) is 0. The van der Waals surface area contributed by atoms with Gasteiger partial charge in [-0.1, -0.05) is 60.7 Å². The van der Waals surface area contributed by atoms with E-state index in [9.17, 15) is 9.59 Å². The van der Waals surface area contributed by atoms with E-state index in [0.717, 1.165) is 27.1 Å². The molecule has 5 rings (SSSR count). The molecule has 2 heterocycles. The molecule has 0 fully saturated rings. The van der Waals surface area contributed by atoms with Crippen molar-refractivity contribution >= 4 is 38.3 Å². The normalized spacial score (nSPS) is 11.4. The van der Waals surface area contributed by atoms with E-state index in [0.29, 0.717) is 17.5 Å². The number of halogens is 1. The van der Waals surface area contributed by atoms with E-state index < -0.39 is 5.54 Å². The lowest BCUT2D eigenvalue weighted by atomic mass is 9.86. The lowest BCUT2D eigenvalue weighted by molar-refractivity contribution is 0.103. The summed E-state index contributed by atoms with van der Waals surface area (Å²) in [5.74, 6) is -0.301. The van der Waals surface area contributed by atoms with Crippen LogP contribution in [0.4, 0.5) is 5.69 Å². The van der Waals surface area contributed by atoms with Gasteiger partial charge in [-0.2, -0.15) is 0 Å². The van der Waals surface area contributed by atoms with E-state index >= 15 is 0 Å². The molecule has 184 valence electrons. The number of nitrogens with one attached hydrogen (secondary N) is 1. The number of ketones is 1. The van der Waals surface area contributed by atoms with Crippen LogP contribution in [-0.2, 0) is 12.1 Å². The summed E-state index contributed by atoms with van der Waals surface area (Å²) < 4.78 is 2.66. The maximum Gasteiger partial charge on any atom is 0.200 e. The molecular formula is C31H26BrN3O2. The number of para-hydroxylation sites is 2. The van der Waals surface area contributed by atoms with Crippen LogP contribution in [0.15, 0.2) is 113 Å². The number of nitrogens with zero attached hydrogens (tertiary/aromatic N) is 2. The van der Waals surface area contributed by atoms with Crippen molar-refractivity contribution in [3.63, 3.8) is 0 Å². The summed E-state index contributed by atoms with van der Waals surface area (Å²) in [6.07, 6.45) is 1.67. The van der Waals surface area contributed by atoms with Gasteiger partial charge >= 0.3 is 0 Å². The second-order valence-electron chi connectivity index (χ2n) is 9.46. The van der Waals surface area contributed by atoms with Gasteiger partial charge < -0.3 is 9.88 Å². The first-order valence-electron chi connectivity index (χ1n) is 12.0. The highest BCUT2D eigenvalue weighted by Crippen LogP contribution is 2.30. The van der Waals surface area contributed by atoms with Gasteiger partial charge in [0.2, 0.25) is 5.43 Å². The molecule has 0 unspecified atom stereocenters. The van der Waals surface area contributed by atoms with E-state index in [1.807, 2.05) is 103 Å². The van der Waals surface area contributed by atoms with Crippen molar-refractivity contribution in [1.29, 1.82) is 0 Å². The summed E-state index contributed by atoms with van der Waals surface area (Å²) in [6.45, 7) is 4.48. The number of rotatable bonds is 7. The van der Waals surface area contributed by atoms with E-state index in [1.165, 1.54) is 0 Å². The van der Waals surface area contributed by atoms with E-state index in [-0.39, 0.29) is 16.8 Å². The molecule has 5 nitrogen and oxygen atoms in total. The Kier molecular flexibility index (Phi) is 6.76. The third-order valence-electron chi connectivity index (χ3n) is 6.41. The number of anilines is 1. The summed E-state index contributed by atoms with van der Waals surface area (Å²) in [4.78, 5) is 32.1. The Hall–Kier alpha value is -4.03. The largest absolute Gasteiger partial charge is 0.376 e. The molecule has 3 aromatic carbocycles. The molecule has 37 heavy (non-hydrogen) atoms. The van der Waals surface area contributed by atoms with E-state index in [2.05, 4.69) is 26.2 Å². The molecule has 0 saturated heterocycles. The first-order chi connectivity index (χ1) is 17.8. The van der Waals surface area contributed by atoms with Gasteiger partial charge in [0, 0.05) is 22.8 Å². The Balaban J connectivity index is 1.61. The van der Waals surface area contributed by atoms with Gasteiger partial charge in [-0.15, -0.1) is 0 Å². The summed E-state index contributed by atoms with van der Waals surface area (Å²) in [6, 6.07) is 30.4. The highest BCUT2D eigenvalue weighted by molar-refractivity contribution is 9.10. The van der Waals surface area contributed by atoms with Gasteiger partial charge in [0.25, 0.3) is 0 Å². The molecule has 0 bridgehead atoms. The quantitative estimate of drug-likeness (QED) is 0.179. The monoisotopic (exact) mass is 551 g/mol. The maximum atomic E-state index is 14.0. The van der Waals surface area contributed by atoms with Crippen molar-refractivity contribution < 1.29 is 4.79 Å². The molecule has 0 aliphatic carbocycles. The second-order valence-corrected chi connectivity index (χ2v) is 10.3. The number of pyridine rings is 2. The smallest absolute Gasteiger partial charge is 0.200 e. The molecule has 0 radical (unpaired) electrons. The topological polar surface area (TPSA) is 64.0 Å². The van der Waals surface area contributed by atoms with Gasteiger partial charge in [0.15, 0.2) is 5.78 Å². The highest BCUT2D eigenvalue weighted by atomic mass is 79.9. The van der Waals surface area contributed by atoms with Gasteiger partial charge in [-0.25, -0.2) is 4.98 Å². The maximum absolute atomic E-state index is 14.0. The van der Waals surface area contributed by atoms with Crippen LogP contribution in [0.1, 0.15) is 41.0 Å². The third-order valence-corrected chi connectivity index (χ3v) is 6.85. The molecule has 0 aliphatic heterocycles. The van der Waals surface area contributed by atoms with Gasteiger partial charge in [0.05, 0.1) is 28.9 Å². The summed E-state index contributed by atoms with van der Waals surface area (Å²) in [5.41, 5.74) is 3.13. The molecule has 0 atom stereocenters. The van der Waals surface area contributed by atoms with Crippen molar-refractivity contribution in [1.82, 2.24) is 9.55 Å². The van der Waals surface area contributed by atoms with Crippen molar-refractivity contribution in [2.75, 3.05) is 5.32 Å². The second kappa shape index (κ2) is 10.1. The third kappa shape index (κ3) is 5.11. The minimum atomic E-state index is -0.566. The van der Waals surface area contributed by atoms with Crippen LogP contribution in [0.25, 0.3) is 10.9 Å². The molecule has 5 aromatic rings. The van der Waals surface area contributed by atoms with Crippen molar-refractivity contribution in [3.8, 4) is 0 Å². The lowest BCUT2D eigenvalue weighted by Crippen LogP contribution is -2.31. The van der Waals surface area contributed by atoms with E-state index in [4.69, 9.17) is 0 Å². The fraction of sp³-hybridized carbons (Fsp3) is 0.129. The predicted molar refractivity (Wildman–Crippen MR) is 152 cm³/mol. The number of hydrogen-bond donors (Lipinski definition) is 1. The zero-order valence-electron chi connectivity index (χ0n) is 20.6. The molecule has 1 N–H and O–H groups in total. The number of hydrogen-bond acceptors (Lipinski definition) is 4. The molecule has 0 saturated carbocycles. The highest BCUT2D eigenvalue weighted by Gasteiger charge is 2.28. The van der Waals surface area contributed by atoms with Gasteiger partial charge in [-0.05, 0) is 71.7 Å². The summed E-state index contributed by atoms with van der Waals surface area (Å²) in [5, 5.41) is 4.03. The zero-order chi connectivity index (χ0) is 26.0. The summed E-state index contributed by atoms with van der Waals surface area (Å²) >= 11 is 3.42. The predicted octanol–water partition coefficient (Wildman–Crippen LogP) is 6.79. The van der Waals surface area contributed by atoms with Crippen LogP contribution >= 0.6 is 15.9 Å². The number of benzene rings is 3. The van der Waals surface area contributed by atoms with Gasteiger partial charge in [-0.3, -0.25) is 9.59 Å². The molecule has 0 aliphatic rings. The molecule has 0 spiro atoms. The molecular weight excluding hydrogens is 526 g/mol. The number of aromatic nitrogens is 2. The number of carbonyl (C=O) groups is 1. The Morgan fingerprint density at radius 3 is 2.35 bits per heavy atom. The Morgan fingerprint density at radius 1 is 0.865 bits per heavy atom. The Morgan fingerprint density at radius 2 is 1.57 bits per heavy atom. The molecule has 6 heteroatoms. The lowest BCUT2D eigenvalue weighted by Gasteiger charge is -2.30. The first kappa shape index (κ1) is 24.7. The minimum Gasteiger partial charge on any atom is -0.376 e. The number of carbonyl (C=O) groups excluding carboxylic acids is 1. The van der Waals surface area contributed by atoms with Crippen LogP contribution in [0.2, 0.25) is 0 Å². The fourth-order valence-electron chi connectivity index (χ4n) is 4.67. The standard InChI is InChI=1S/C31H26BrN3O2/c1-31(2,34-21-11-4-3-5-12-21)26-16-8-6-14-23(26)29(36)25-20-35(19-22-13-10-18-28(32)33-22)27-17-9-7-15-24(27)30(25)37/h3-18,20,34H,19H2,1-2H3. The van der Waals surface area contributed by atoms with Crippen molar-refractivity contribution in [2.45, 2.75) is 25.9 Å². The van der Waals surface area contributed by atoms with Crippen LogP contribution in [0.5, 0.6) is 0 Å². The van der Waals surface area contributed by atoms with Crippen LogP contribution in [0, 0.1) is 0 Å². The zero-order valence-corrected chi connectivity index (χ0v) is 22.2. The minimum absolute atomic E-state index is 0.136. The molecule has 0 amide bonds. The molecule has 2 aromatic heterocycles. The first-order valence-corrected chi connectivity index (χ1v) is 12.8. The SMILES string of the molecule is CC(C)(Nc1ccccc1)c1ccccc1C(=O)c1cn(Cc2cccc(Br)n2)c2ccccc2c1=O. The Bertz CT molecular complexity index is 1660. The van der Waals surface area contributed by atoms with Crippen LogP contribution in [-0.4, -0.2) is 15.3 Å². The fourth-order valence-corrected chi connectivity index (χ4v) is 5.05. The van der Waals surface area contributed by atoms with Gasteiger partial charge in [0.1, 0.15) is 4.60 Å². The van der Waals surface area contributed by atoms with E-state index in [1.54, 1.807) is 18.3 Å². The van der Waals surface area contributed by atoms with Crippen LogP contribution < -0.4 is 10.7 Å². The average Bonchev–Trinajstić information content (AvgIpc) is 2.90. The van der Waals surface area contributed by atoms with Crippen molar-refractivity contribution in [2.24, 2.45) is 0 Å². The average molecular weight is 552 g/mol. The Labute approximate surface area is 223 Å². The van der Waals surface area contributed by atoms with Crippen LogP contribution in [0.3, 0.4) is 0 Å². The number of fused-ring (bicyclic) bond motifs is 1. The van der Waals surface area contributed by atoms with Crippen molar-refractivity contribution in [3.05, 3.63) is 140 Å².